The van der Waals surface area contributed by atoms with E-state index in [0.717, 1.165) is 17.0 Å². The lowest BCUT2D eigenvalue weighted by atomic mass is 10.0. The van der Waals surface area contributed by atoms with E-state index in [2.05, 4.69) is 20.5 Å². The number of amides is 2. The molecule has 0 radical (unpaired) electrons. The van der Waals surface area contributed by atoms with Gasteiger partial charge in [-0.25, -0.2) is 4.39 Å². The van der Waals surface area contributed by atoms with E-state index in [1.54, 1.807) is 25.1 Å². The summed E-state index contributed by atoms with van der Waals surface area (Å²) in [5.41, 5.74) is 0.146. The minimum absolute atomic E-state index is 0.0841. The topological polar surface area (TPSA) is 124 Å². The maximum absolute atomic E-state index is 13.5. The van der Waals surface area contributed by atoms with Crippen molar-refractivity contribution in [2.45, 2.75) is 25.5 Å². The van der Waals surface area contributed by atoms with Gasteiger partial charge in [0.2, 0.25) is 11.5 Å². The van der Waals surface area contributed by atoms with Crippen LogP contribution in [0.5, 0.6) is 0 Å². The molecule has 2 aromatic heterocycles. The number of hydrogen-bond donors (Lipinski definition) is 3. The summed E-state index contributed by atoms with van der Waals surface area (Å²) in [6.07, 6.45) is -0.0841. The Morgan fingerprint density at radius 3 is 2.85 bits per heavy atom. The highest BCUT2D eigenvalue weighted by atomic mass is 35.5. The van der Waals surface area contributed by atoms with Gasteiger partial charge in [0.25, 0.3) is 17.7 Å². The van der Waals surface area contributed by atoms with Gasteiger partial charge in [-0.15, -0.1) is 10.2 Å². The summed E-state index contributed by atoms with van der Waals surface area (Å²) in [4.78, 5) is 30.3. The normalized spacial score (nSPS) is 18.1. The number of aryl methyl sites for hydroxylation is 1. The summed E-state index contributed by atoms with van der Waals surface area (Å²) in [6.45, 7) is 1.76. The number of nitrogens with one attached hydrogen (secondary N) is 2. The molecule has 3 N–H and O–H groups in total. The molecule has 34 heavy (non-hydrogen) atoms. The lowest BCUT2D eigenvalue weighted by molar-refractivity contribution is -0.149. The predicted octanol–water partition coefficient (Wildman–Crippen LogP) is 3.10. The van der Waals surface area contributed by atoms with Gasteiger partial charge in [-0.05, 0) is 48.0 Å². The van der Waals surface area contributed by atoms with E-state index in [9.17, 15) is 19.1 Å². The van der Waals surface area contributed by atoms with Crippen LogP contribution in [0, 0.1) is 12.7 Å². The molecule has 3 heterocycles. The van der Waals surface area contributed by atoms with E-state index < -0.39 is 23.2 Å². The molecule has 9 nitrogen and oxygen atoms in total. The number of aliphatic hydroxyl groups is 1. The van der Waals surface area contributed by atoms with E-state index in [4.69, 9.17) is 16.0 Å². The molecule has 2 aromatic carbocycles. The van der Waals surface area contributed by atoms with E-state index in [1.807, 2.05) is 6.07 Å². The van der Waals surface area contributed by atoms with Gasteiger partial charge in [0.1, 0.15) is 11.5 Å². The standard InChI is InChI=1S/C23H19ClFN5O4/c1-12-28-29-20(34-12)19-9-14-8-17(2-3-18(14)27-19)30-5-4-23(33,22(30)32)21(31)26-11-13-6-15(24)10-16(25)7-13/h2-3,6-10,27,33H,4-5,11H2,1H3,(H,26,31)/t23-/m0/s1. The Morgan fingerprint density at radius 1 is 1.29 bits per heavy atom. The van der Waals surface area contributed by atoms with Gasteiger partial charge in [0.15, 0.2) is 0 Å². The van der Waals surface area contributed by atoms with Gasteiger partial charge in [0.05, 0.1) is 0 Å². The first-order chi connectivity index (χ1) is 16.2. The number of halogens is 2. The van der Waals surface area contributed by atoms with Crippen molar-refractivity contribution in [2.24, 2.45) is 0 Å². The number of hydrogen-bond acceptors (Lipinski definition) is 6. The Balaban J connectivity index is 1.33. The van der Waals surface area contributed by atoms with Gasteiger partial charge >= 0.3 is 0 Å². The zero-order chi connectivity index (χ0) is 24.0. The second-order valence-corrected chi connectivity index (χ2v) is 8.54. The van der Waals surface area contributed by atoms with Crippen molar-refractivity contribution >= 4 is 40.0 Å². The summed E-state index contributed by atoms with van der Waals surface area (Å²) >= 11 is 5.83. The van der Waals surface area contributed by atoms with Gasteiger partial charge < -0.3 is 24.7 Å². The Morgan fingerprint density at radius 2 is 2.12 bits per heavy atom. The van der Waals surface area contributed by atoms with Crippen molar-refractivity contribution in [3.8, 4) is 11.6 Å². The fourth-order valence-electron chi connectivity index (χ4n) is 4.01. The molecule has 2 amide bonds. The second kappa shape index (κ2) is 8.23. The van der Waals surface area contributed by atoms with Crippen molar-refractivity contribution in [3.05, 3.63) is 64.8 Å². The summed E-state index contributed by atoms with van der Waals surface area (Å²) < 4.78 is 19.0. The molecule has 0 bridgehead atoms. The molecule has 0 unspecified atom stereocenters. The fourth-order valence-corrected chi connectivity index (χ4v) is 4.26. The predicted molar refractivity (Wildman–Crippen MR) is 122 cm³/mol. The van der Waals surface area contributed by atoms with Gasteiger partial charge in [-0.2, -0.15) is 0 Å². The molecule has 5 rings (SSSR count). The molecule has 0 saturated carbocycles. The van der Waals surface area contributed by atoms with E-state index in [0.29, 0.717) is 28.7 Å². The first-order valence-corrected chi connectivity index (χ1v) is 10.8. The zero-order valence-corrected chi connectivity index (χ0v) is 18.7. The number of aromatic nitrogens is 3. The van der Waals surface area contributed by atoms with Crippen LogP contribution >= 0.6 is 11.6 Å². The van der Waals surface area contributed by atoms with Gasteiger partial charge in [-0.1, -0.05) is 11.6 Å². The minimum atomic E-state index is -2.23. The maximum atomic E-state index is 13.5. The van der Waals surface area contributed by atoms with Crippen molar-refractivity contribution in [1.82, 2.24) is 20.5 Å². The number of H-pyrrole nitrogens is 1. The molecule has 4 aromatic rings. The molecule has 0 spiro atoms. The molecule has 1 saturated heterocycles. The quantitative estimate of drug-likeness (QED) is 0.375. The average Bonchev–Trinajstić information content (AvgIpc) is 3.49. The van der Waals surface area contributed by atoms with Crippen LogP contribution in [0.25, 0.3) is 22.5 Å². The largest absolute Gasteiger partial charge is 0.420 e. The molecule has 0 aliphatic carbocycles. The number of benzene rings is 2. The average molecular weight is 484 g/mol. The van der Waals surface area contributed by atoms with Crippen LogP contribution in [-0.4, -0.2) is 44.2 Å². The smallest absolute Gasteiger partial charge is 0.268 e. The second-order valence-electron chi connectivity index (χ2n) is 8.11. The van der Waals surface area contributed by atoms with Gasteiger partial charge in [0, 0.05) is 48.0 Å². The summed E-state index contributed by atoms with van der Waals surface area (Å²) in [7, 11) is 0. The lowest BCUT2D eigenvalue weighted by Crippen LogP contribution is -2.52. The van der Waals surface area contributed by atoms with Crippen LogP contribution in [-0.2, 0) is 16.1 Å². The van der Waals surface area contributed by atoms with Crippen LogP contribution in [0.3, 0.4) is 0 Å². The number of carbonyl (C=O) groups excluding carboxylic acids is 2. The SMILES string of the molecule is Cc1nnc(-c2cc3cc(N4CC[C@](O)(C(=O)NCc5cc(F)cc(Cl)c5)C4=O)ccc3[nH]2)o1. The Bertz CT molecular complexity index is 1410. The Kier molecular flexibility index (Phi) is 5.34. The highest BCUT2D eigenvalue weighted by molar-refractivity contribution is 6.30. The van der Waals surface area contributed by atoms with Crippen molar-refractivity contribution < 1.29 is 23.5 Å². The Labute approximate surface area is 197 Å². The number of anilines is 1. The highest BCUT2D eigenvalue weighted by Gasteiger charge is 2.51. The molecular formula is C23H19ClFN5O4. The number of fused-ring (bicyclic) bond motifs is 1. The molecule has 1 atom stereocenters. The van der Waals surface area contributed by atoms with Crippen LogP contribution in [0.15, 0.2) is 46.9 Å². The summed E-state index contributed by atoms with van der Waals surface area (Å²) in [5, 5.41) is 22.2. The number of aromatic amines is 1. The highest BCUT2D eigenvalue weighted by Crippen LogP contribution is 2.32. The first kappa shape index (κ1) is 22.1. The molecule has 11 heteroatoms. The van der Waals surface area contributed by atoms with Crippen LogP contribution in [0.4, 0.5) is 10.1 Å². The van der Waals surface area contributed by atoms with Crippen LogP contribution in [0.2, 0.25) is 5.02 Å². The minimum Gasteiger partial charge on any atom is -0.420 e. The third-order valence-corrected chi connectivity index (χ3v) is 5.94. The third-order valence-electron chi connectivity index (χ3n) is 5.72. The molecule has 1 aliphatic rings. The Hall–Kier alpha value is -3.76. The van der Waals surface area contributed by atoms with Gasteiger partial charge in [-0.3, -0.25) is 9.59 Å². The van der Waals surface area contributed by atoms with E-state index in [1.165, 1.54) is 17.0 Å². The number of nitrogens with zero attached hydrogens (tertiary/aromatic N) is 3. The summed E-state index contributed by atoms with van der Waals surface area (Å²) in [6, 6.07) is 11.0. The number of carbonyl (C=O) groups is 2. The first-order valence-electron chi connectivity index (χ1n) is 10.4. The summed E-state index contributed by atoms with van der Waals surface area (Å²) in [5.74, 6) is -1.34. The molecular weight excluding hydrogens is 465 g/mol. The van der Waals surface area contributed by atoms with Crippen LogP contribution < -0.4 is 10.2 Å². The fraction of sp³-hybridized carbons (Fsp3) is 0.217. The lowest BCUT2D eigenvalue weighted by Gasteiger charge is -2.22. The van der Waals surface area contributed by atoms with E-state index >= 15 is 0 Å². The van der Waals surface area contributed by atoms with Crippen molar-refractivity contribution in [3.63, 3.8) is 0 Å². The van der Waals surface area contributed by atoms with Crippen LogP contribution in [0.1, 0.15) is 17.9 Å². The molecule has 1 fully saturated rings. The molecule has 174 valence electrons. The third kappa shape index (κ3) is 3.91. The zero-order valence-electron chi connectivity index (χ0n) is 17.9. The monoisotopic (exact) mass is 483 g/mol. The maximum Gasteiger partial charge on any atom is 0.268 e. The van der Waals surface area contributed by atoms with E-state index in [-0.39, 0.29) is 24.5 Å². The van der Waals surface area contributed by atoms with Crippen molar-refractivity contribution in [2.75, 3.05) is 11.4 Å². The van der Waals surface area contributed by atoms with Crippen molar-refractivity contribution in [1.29, 1.82) is 0 Å². The molecule has 1 aliphatic heterocycles. The number of rotatable bonds is 5.